The molecular formula is C46H37NS. The molecule has 232 valence electrons. The fraction of sp³-hybridized carbons (Fsp3) is 0.217. The summed E-state index contributed by atoms with van der Waals surface area (Å²) in [4.78, 5) is 2.56. The van der Waals surface area contributed by atoms with Gasteiger partial charge < -0.3 is 4.90 Å². The Balaban J connectivity index is 1.17. The van der Waals surface area contributed by atoms with Gasteiger partial charge in [0.05, 0.1) is 5.69 Å². The molecule has 2 heteroatoms. The van der Waals surface area contributed by atoms with Gasteiger partial charge in [-0.2, -0.15) is 0 Å². The summed E-state index contributed by atoms with van der Waals surface area (Å²) in [5.74, 6) is 3.34. The fourth-order valence-electron chi connectivity index (χ4n) is 11.1. The van der Waals surface area contributed by atoms with E-state index in [1.807, 2.05) is 11.3 Å². The maximum absolute atomic E-state index is 2.63. The minimum Gasteiger partial charge on any atom is -0.310 e. The Hall–Kier alpha value is -4.66. The van der Waals surface area contributed by atoms with E-state index in [4.69, 9.17) is 0 Å². The average molecular weight is 636 g/mol. The normalized spacial score (nSPS) is 24.8. The molecule has 0 N–H and O–H groups in total. The van der Waals surface area contributed by atoms with Crippen LogP contribution in [0.3, 0.4) is 0 Å². The van der Waals surface area contributed by atoms with Crippen molar-refractivity contribution in [2.75, 3.05) is 4.90 Å². The van der Waals surface area contributed by atoms with Crippen LogP contribution in [0.15, 0.2) is 140 Å². The molecule has 0 atom stereocenters. The van der Waals surface area contributed by atoms with E-state index in [1.165, 1.54) is 91.6 Å². The van der Waals surface area contributed by atoms with E-state index in [-0.39, 0.29) is 5.41 Å². The van der Waals surface area contributed by atoms with E-state index < -0.39 is 0 Å². The zero-order chi connectivity index (χ0) is 31.4. The molecule has 0 amide bonds. The number of hydrogen-bond acceptors (Lipinski definition) is 2. The predicted molar refractivity (Wildman–Crippen MR) is 203 cm³/mol. The van der Waals surface area contributed by atoms with Crippen molar-refractivity contribution in [1.29, 1.82) is 0 Å². The Morgan fingerprint density at radius 1 is 0.479 bits per heavy atom. The highest BCUT2D eigenvalue weighted by molar-refractivity contribution is 7.25. The molecule has 4 saturated carbocycles. The van der Waals surface area contributed by atoms with Gasteiger partial charge in [-0.25, -0.2) is 0 Å². The summed E-state index contributed by atoms with van der Waals surface area (Å²) in [6, 6.07) is 52.9. The van der Waals surface area contributed by atoms with Crippen molar-refractivity contribution in [1.82, 2.24) is 0 Å². The Labute approximate surface area is 286 Å². The molecule has 1 spiro atoms. The molecule has 4 fully saturated rings. The third-order valence-electron chi connectivity index (χ3n) is 12.6. The number of fused-ring (bicyclic) bond motifs is 6. The Bertz CT molecular complexity index is 2350. The first kappa shape index (κ1) is 27.3. The number of nitrogens with zero attached hydrogens (tertiary/aromatic N) is 1. The first-order chi connectivity index (χ1) is 23.8. The Morgan fingerprint density at radius 2 is 1.10 bits per heavy atom. The summed E-state index contributed by atoms with van der Waals surface area (Å²) in [5.41, 5.74) is 12.5. The van der Waals surface area contributed by atoms with E-state index in [0.29, 0.717) is 0 Å². The highest BCUT2D eigenvalue weighted by atomic mass is 32.1. The van der Waals surface area contributed by atoms with Gasteiger partial charge in [0.2, 0.25) is 0 Å². The van der Waals surface area contributed by atoms with E-state index >= 15 is 0 Å². The number of rotatable bonds is 4. The second-order valence-corrected chi connectivity index (χ2v) is 16.0. The van der Waals surface area contributed by atoms with Gasteiger partial charge in [-0.1, -0.05) is 97.1 Å². The Kier molecular flexibility index (Phi) is 5.79. The van der Waals surface area contributed by atoms with Gasteiger partial charge in [0.15, 0.2) is 0 Å². The first-order valence-electron chi connectivity index (χ1n) is 17.9. The van der Waals surface area contributed by atoms with Crippen molar-refractivity contribution in [2.24, 2.45) is 23.7 Å². The lowest BCUT2D eigenvalue weighted by atomic mass is 9.43. The van der Waals surface area contributed by atoms with Gasteiger partial charge >= 0.3 is 0 Å². The van der Waals surface area contributed by atoms with Crippen molar-refractivity contribution in [2.45, 2.75) is 37.5 Å². The van der Waals surface area contributed by atoms with Crippen molar-refractivity contribution in [3.63, 3.8) is 0 Å². The van der Waals surface area contributed by atoms with E-state index in [1.54, 1.807) is 11.1 Å². The highest BCUT2D eigenvalue weighted by Gasteiger charge is 2.61. The average Bonchev–Trinajstić information content (AvgIpc) is 3.64. The van der Waals surface area contributed by atoms with Crippen molar-refractivity contribution >= 4 is 48.6 Å². The summed E-state index contributed by atoms with van der Waals surface area (Å²) < 4.78 is 2.69. The molecule has 6 aromatic carbocycles. The standard InChI is InChI=1S/C46H37NS/c1-2-10-31(11-3-1)36-12-5-8-16-43(36)47(34-19-21-45-40(27-34)39-14-6-9-17-44(39)48-45)35-18-20-38-37-13-4-7-15-41(37)46(42(38)28-35)32-23-29-22-30(25-32)26-33(46)24-29/h1-21,27-30,32-33H,22-26H2. The minimum atomic E-state index is 0.132. The number of hydrogen-bond donors (Lipinski definition) is 0. The smallest absolute Gasteiger partial charge is 0.0540 e. The number of benzene rings is 6. The van der Waals surface area contributed by atoms with E-state index in [2.05, 4.69) is 144 Å². The van der Waals surface area contributed by atoms with E-state index in [9.17, 15) is 0 Å². The van der Waals surface area contributed by atoms with Crippen LogP contribution >= 0.6 is 11.3 Å². The summed E-state index contributed by atoms with van der Waals surface area (Å²) >= 11 is 1.89. The maximum Gasteiger partial charge on any atom is 0.0540 e. The van der Waals surface area contributed by atoms with Gasteiger partial charge in [0.25, 0.3) is 0 Å². The second-order valence-electron chi connectivity index (χ2n) is 14.9. The first-order valence-corrected chi connectivity index (χ1v) is 18.7. The molecule has 1 heterocycles. The maximum atomic E-state index is 2.63. The zero-order valence-corrected chi connectivity index (χ0v) is 27.8. The molecule has 0 saturated heterocycles. The molecule has 0 unspecified atom stereocenters. The summed E-state index contributed by atoms with van der Waals surface area (Å²) in [6.45, 7) is 0. The molecule has 4 bridgehead atoms. The molecule has 0 aliphatic heterocycles. The molecular weight excluding hydrogens is 599 g/mol. The second kappa shape index (κ2) is 10.2. The van der Waals surface area contributed by atoms with Gasteiger partial charge in [0.1, 0.15) is 0 Å². The van der Waals surface area contributed by atoms with Crippen LogP contribution in [0.1, 0.15) is 43.2 Å². The number of thiophene rings is 1. The minimum absolute atomic E-state index is 0.132. The largest absolute Gasteiger partial charge is 0.310 e. The Morgan fingerprint density at radius 3 is 1.94 bits per heavy atom. The molecule has 0 radical (unpaired) electrons. The van der Waals surface area contributed by atoms with Gasteiger partial charge in [-0.05, 0) is 126 Å². The fourth-order valence-corrected chi connectivity index (χ4v) is 12.2. The molecule has 48 heavy (non-hydrogen) atoms. The summed E-state index contributed by atoms with van der Waals surface area (Å²) in [6.07, 6.45) is 7.06. The van der Waals surface area contributed by atoms with Crippen LogP contribution in [0.5, 0.6) is 0 Å². The molecule has 1 nitrogen and oxygen atoms in total. The van der Waals surface area contributed by atoms with E-state index in [0.717, 1.165) is 23.7 Å². The lowest BCUT2D eigenvalue weighted by molar-refractivity contribution is -0.0399. The molecule has 5 aliphatic rings. The summed E-state index contributed by atoms with van der Waals surface area (Å²) in [7, 11) is 0. The third kappa shape index (κ3) is 3.73. The molecule has 1 aromatic heterocycles. The van der Waals surface area contributed by atoms with Crippen LogP contribution in [-0.2, 0) is 5.41 Å². The van der Waals surface area contributed by atoms with Crippen molar-refractivity contribution < 1.29 is 0 Å². The SMILES string of the molecule is c1ccc(-c2ccccc2N(c2ccc3c(c2)C2(c4ccccc4-3)C3CC4CC(C3)CC2C4)c2ccc3sc4ccccc4c3c2)cc1. The van der Waals surface area contributed by atoms with Gasteiger partial charge in [0, 0.05) is 42.5 Å². The van der Waals surface area contributed by atoms with Crippen molar-refractivity contribution in [3.05, 3.63) is 151 Å². The van der Waals surface area contributed by atoms with Crippen LogP contribution in [0.4, 0.5) is 17.1 Å². The molecule has 7 aromatic rings. The van der Waals surface area contributed by atoms with Crippen LogP contribution in [0.25, 0.3) is 42.4 Å². The van der Waals surface area contributed by atoms with Gasteiger partial charge in [-0.3, -0.25) is 0 Å². The topological polar surface area (TPSA) is 3.24 Å². The lowest BCUT2D eigenvalue weighted by Gasteiger charge is -2.61. The molecule has 12 rings (SSSR count). The van der Waals surface area contributed by atoms with Crippen LogP contribution in [0.2, 0.25) is 0 Å². The van der Waals surface area contributed by atoms with Crippen molar-refractivity contribution in [3.8, 4) is 22.3 Å². The van der Waals surface area contributed by atoms with Crippen LogP contribution in [-0.4, -0.2) is 0 Å². The van der Waals surface area contributed by atoms with Crippen LogP contribution in [0, 0.1) is 23.7 Å². The predicted octanol–water partition coefficient (Wildman–Crippen LogP) is 12.9. The number of anilines is 3. The zero-order valence-electron chi connectivity index (χ0n) is 27.0. The summed E-state index contributed by atoms with van der Waals surface area (Å²) in [5, 5.41) is 2.67. The number of para-hydroxylation sites is 1. The lowest BCUT2D eigenvalue weighted by Crippen LogP contribution is -2.55. The van der Waals surface area contributed by atoms with Crippen LogP contribution < -0.4 is 4.90 Å². The highest BCUT2D eigenvalue weighted by Crippen LogP contribution is 2.69. The monoisotopic (exact) mass is 635 g/mol. The third-order valence-corrected chi connectivity index (χ3v) is 13.8. The quantitative estimate of drug-likeness (QED) is 0.186. The molecule has 5 aliphatic carbocycles. The van der Waals surface area contributed by atoms with Gasteiger partial charge in [-0.15, -0.1) is 11.3 Å².